The number of hydrogen-bond donors (Lipinski definition) is 3. The van der Waals surface area contributed by atoms with Crippen molar-refractivity contribution in [2.75, 3.05) is 16.0 Å². The number of carbonyl (C=O) groups excluding carboxylic acids is 1. The van der Waals surface area contributed by atoms with E-state index in [0.717, 1.165) is 28.0 Å². The predicted octanol–water partition coefficient (Wildman–Crippen LogP) is 7.64. The number of anilines is 5. The standard InChI is InChI=1S/C32H26N6O2/c1-20-8-11-24(12-9-20)34-29-18-21(2)33-32(37-29)36-26-15-13-25(14-16-26)35-31(39)23-10-17-28-27(19-23)30(40-38-28)22-6-4-3-5-7-22/h3-19H,1-2H3,(H,35,39)(H2,33,34,36,37). The predicted molar refractivity (Wildman–Crippen MR) is 158 cm³/mol. The highest BCUT2D eigenvalue weighted by atomic mass is 16.5. The zero-order valence-corrected chi connectivity index (χ0v) is 22.0. The number of hydrogen-bond acceptors (Lipinski definition) is 7. The molecular weight excluding hydrogens is 500 g/mol. The second kappa shape index (κ2) is 10.7. The van der Waals surface area contributed by atoms with Gasteiger partial charge in [-0.15, -0.1) is 0 Å². The van der Waals surface area contributed by atoms with Crippen LogP contribution in [-0.4, -0.2) is 21.0 Å². The summed E-state index contributed by atoms with van der Waals surface area (Å²) in [4.78, 5) is 22.1. The van der Waals surface area contributed by atoms with Crippen LogP contribution >= 0.6 is 0 Å². The molecule has 0 fully saturated rings. The van der Waals surface area contributed by atoms with E-state index in [1.807, 2.05) is 91.9 Å². The van der Waals surface area contributed by atoms with Crippen molar-refractivity contribution in [2.24, 2.45) is 0 Å². The van der Waals surface area contributed by atoms with Crippen molar-refractivity contribution in [1.82, 2.24) is 15.1 Å². The summed E-state index contributed by atoms with van der Waals surface area (Å²) in [5.41, 5.74) is 6.55. The van der Waals surface area contributed by atoms with Crippen molar-refractivity contribution in [3.8, 4) is 11.3 Å². The first kappa shape index (κ1) is 24.8. The van der Waals surface area contributed by atoms with E-state index < -0.39 is 0 Å². The lowest BCUT2D eigenvalue weighted by Crippen LogP contribution is -2.11. The number of nitrogens with zero attached hydrogens (tertiary/aromatic N) is 3. The van der Waals surface area contributed by atoms with E-state index in [9.17, 15) is 4.79 Å². The minimum absolute atomic E-state index is 0.225. The fraction of sp³-hybridized carbons (Fsp3) is 0.0625. The summed E-state index contributed by atoms with van der Waals surface area (Å²) in [6.07, 6.45) is 0. The van der Waals surface area contributed by atoms with Crippen LogP contribution in [0.4, 0.5) is 28.8 Å². The van der Waals surface area contributed by atoms with Crippen LogP contribution in [0.25, 0.3) is 22.2 Å². The molecule has 2 aromatic heterocycles. The van der Waals surface area contributed by atoms with Gasteiger partial charge < -0.3 is 20.5 Å². The SMILES string of the molecule is Cc1ccc(Nc2cc(C)nc(Nc3ccc(NC(=O)c4ccc5noc(-c6ccccc6)c5c4)cc3)n2)cc1. The van der Waals surface area contributed by atoms with E-state index in [4.69, 9.17) is 4.52 Å². The summed E-state index contributed by atoms with van der Waals surface area (Å²) in [6.45, 7) is 3.97. The van der Waals surface area contributed by atoms with Crippen LogP contribution < -0.4 is 16.0 Å². The first-order valence-electron chi connectivity index (χ1n) is 12.8. The molecule has 1 amide bonds. The van der Waals surface area contributed by atoms with Gasteiger partial charge in [-0.1, -0.05) is 53.2 Å². The molecule has 0 aliphatic rings. The van der Waals surface area contributed by atoms with Crippen LogP contribution in [0, 0.1) is 13.8 Å². The number of amides is 1. The Labute approximate surface area is 231 Å². The Morgan fingerprint density at radius 3 is 2.20 bits per heavy atom. The van der Waals surface area contributed by atoms with E-state index in [2.05, 4.69) is 38.0 Å². The fourth-order valence-electron chi connectivity index (χ4n) is 4.32. The summed E-state index contributed by atoms with van der Waals surface area (Å²) >= 11 is 0. The van der Waals surface area contributed by atoms with E-state index in [-0.39, 0.29) is 5.91 Å². The monoisotopic (exact) mass is 526 g/mol. The Kier molecular flexibility index (Phi) is 6.64. The van der Waals surface area contributed by atoms with Gasteiger partial charge >= 0.3 is 0 Å². The van der Waals surface area contributed by atoms with Crippen LogP contribution in [-0.2, 0) is 0 Å². The molecule has 0 saturated carbocycles. The molecule has 196 valence electrons. The van der Waals surface area contributed by atoms with E-state index >= 15 is 0 Å². The lowest BCUT2D eigenvalue weighted by Gasteiger charge is -2.11. The molecule has 2 heterocycles. The molecule has 3 N–H and O–H groups in total. The number of rotatable bonds is 7. The zero-order chi connectivity index (χ0) is 27.5. The third-order valence-corrected chi connectivity index (χ3v) is 6.35. The van der Waals surface area contributed by atoms with E-state index in [0.29, 0.717) is 34.3 Å². The highest BCUT2D eigenvalue weighted by molar-refractivity contribution is 6.07. The average Bonchev–Trinajstić information content (AvgIpc) is 3.39. The van der Waals surface area contributed by atoms with Crippen molar-refractivity contribution >= 4 is 45.6 Å². The molecule has 0 bridgehead atoms. The number of aryl methyl sites for hydroxylation is 2. The maximum Gasteiger partial charge on any atom is 0.255 e. The van der Waals surface area contributed by atoms with Gasteiger partial charge in [-0.3, -0.25) is 4.79 Å². The molecule has 40 heavy (non-hydrogen) atoms. The molecule has 8 heteroatoms. The molecular formula is C32H26N6O2. The maximum atomic E-state index is 13.0. The van der Waals surface area contributed by atoms with Crippen molar-refractivity contribution in [1.29, 1.82) is 0 Å². The molecule has 6 aromatic rings. The van der Waals surface area contributed by atoms with E-state index in [1.54, 1.807) is 18.2 Å². The highest BCUT2D eigenvalue weighted by Gasteiger charge is 2.14. The van der Waals surface area contributed by atoms with Crippen LogP contribution in [0.3, 0.4) is 0 Å². The highest BCUT2D eigenvalue weighted by Crippen LogP contribution is 2.29. The summed E-state index contributed by atoms with van der Waals surface area (Å²) < 4.78 is 5.56. The number of benzene rings is 4. The normalized spacial score (nSPS) is 10.8. The first-order chi connectivity index (χ1) is 19.5. The van der Waals surface area contributed by atoms with Gasteiger partial charge in [0.15, 0.2) is 5.76 Å². The Bertz CT molecular complexity index is 1800. The molecule has 0 saturated heterocycles. The Balaban J connectivity index is 1.14. The molecule has 0 aliphatic carbocycles. The molecule has 4 aromatic carbocycles. The summed E-state index contributed by atoms with van der Waals surface area (Å²) in [5, 5.41) is 14.4. The fourth-order valence-corrected chi connectivity index (χ4v) is 4.32. The smallest absolute Gasteiger partial charge is 0.255 e. The molecule has 0 spiro atoms. The van der Waals surface area contributed by atoms with Gasteiger partial charge in [0.2, 0.25) is 5.95 Å². The van der Waals surface area contributed by atoms with Crippen molar-refractivity contribution in [2.45, 2.75) is 13.8 Å². The minimum atomic E-state index is -0.225. The van der Waals surface area contributed by atoms with Gasteiger partial charge in [-0.05, 0) is 68.4 Å². The number of nitrogens with one attached hydrogen (secondary N) is 3. The van der Waals surface area contributed by atoms with Gasteiger partial charge in [-0.2, -0.15) is 4.98 Å². The summed E-state index contributed by atoms with van der Waals surface area (Å²) in [6, 6.07) is 32.4. The van der Waals surface area contributed by atoms with Gasteiger partial charge in [0.05, 0.1) is 5.39 Å². The lowest BCUT2D eigenvalue weighted by molar-refractivity contribution is 0.102. The molecule has 0 unspecified atom stereocenters. The molecule has 6 rings (SSSR count). The molecule has 0 atom stereocenters. The van der Waals surface area contributed by atoms with Crippen molar-refractivity contribution in [3.05, 3.63) is 120 Å². The minimum Gasteiger partial charge on any atom is -0.355 e. The van der Waals surface area contributed by atoms with Gasteiger partial charge in [0, 0.05) is 39.9 Å². The third kappa shape index (κ3) is 5.51. The van der Waals surface area contributed by atoms with Gasteiger partial charge in [0.1, 0.15) is 11.3 Å². The number of fused-ring (bicyclic) bond motifs is 1. The molecule has 0 aliphatic heterocycles. The van der Waals surface area contributed by atoms with Gasteiger partial charge in [-0.25, -0.2) is 4.98 Å². The van der Waals surface area contributed by atoms with Crippen LogP contribution in [0.1, 0.15) is 21.6 Å². The number of aromatic nitrogens is 3. The zero-order valence-electron chi connectivity index (χ0n) is 22.0. The quantitative estimate of drug-likeness (QED) is 0.196. The molecule has 8 nitrogen and oxygen atoms in total. The second-order valence-electron chi connectivity index (χ2n) is 9.48. The van der Waals surface area contributed by atoms with Crippen molar-refractivity contribution in [3.63, 3.8) is 0 Å². The summed E-state index contributed by atoms with van der Waals surface area (Å²) in [7, 11) is 0. The number of carbonyl (C=O) groups is 1. The molecule has 0 radical (unpaired) electrons. The maximum absolute atomic E-state index is 13.0. The average molecular weight is 527 g/mol. The Morgan fingerprint density at radius 1 is 0.725 bits per heavy atom. The lowest BCUT2D eigenvalue weighted by atomic mass is 10.1. The van der Waals surface area contributed by atoms with Crippen LogP contribution in [0.2, 0.25) is 0 Å². The Morgan fingerprint density at radius 2 is 1.43 bits per heavy atom. The topological polar surface area (TPSA) is 105 Å². The van der Waals surface area contributed by atoms with Crippen molar-refractivity contribution < 1.29 is 9.32 Å². The van der Waals surface area contributed by atoms with E-state index in [1.165, 1.54) is 5.56 Å². The third-order valence-electron chi connectivity index (χ3n) is 6.35. The summed E-state index contributed by atoms with van der Waals surface area (Å²) in [5.74, 6) is 1.58. The second-order valence-corrected chi connectivity index (χ2v) is 9.48. The largest absolute Gasteiger partial charge is 0.355 e. The van der Waals surface area contributed by atoms with Crippen LogP contribution in [0.15, 0.2) is 108 Å². The Hall–Kier alpha value is -5.50. The first-order valence-corrected chi connectivity index (χ1v) is 12.8. The van der Waals surface area contributed by atoms with Gasteiger partial charge in [0.25, 0.3) is 5.91 Å². The van der Waals surface area contributed by atoms with Crippen LogP contribution in [0.5, 0.6) is 0 Å².